The van der Waals surface area contributed by atoms with Crippen LogP contribution in [0.4, 0.5) is 4.79 Å². The molecule has 0 spiro atoms. The Morgan fingerprint density at radius 1 is 0.885 bits per heavy atom. The molecule has 0 bridgehead atoms. The second-order valence-corrected chi connectivity index (χ2v) is 22.4. The summed E-state index contributed by atoms with van der Waals surface area (Å²) in [6.07, 6.45) is 11.7. The molecule has 0 saturated carbocycles. The normalized spacial score (nSPS) is 12.3. The van der Waals surface area contributed by atoms with Gasteiger partial charge in [0.15, 0.2) is 0 Å². The van der Waals surface area contributed by atoms with Crippen molar-refractivity contribution in [3.05, 3.63) is 12.3 Å². The molecule has 0 aliphatic carbocycles. The van der Waals surface area contributed by atoms with Crippen LogP contribution in [0.15, 0.2) is 12.3 Å². The summed E-state index contributed by atoms with van der Waals surface area (Å²) >= 11 is -2.15. The quantitative estimate of drug-likeness (QED) is 0.192. The van der Waals surface area contributed by atoms with E-state index in [1.807, 2.05) is 27.7 Å². The van der Waals surface area contributed by atoms with Crippen LogP contribution >= 0.6 is 0 Å². The van der Waals surface area contributed by atoms with Crippen LogP contribution < -0.4 is 0 Å². The molecule has 0 fully saturated rings. The van der Waals surface area contributed by atoms with Crippen molar-refractivity contribution in [2.75, 3.05) is 0 Å². The van der Waals surface area contributed by atoms with Crippen molar-refractivity contribution in [3.8, 4) is 0 Å². The van der Waals surface area contributed by atoms with Crippen LogP contribution in [0.25, 0.3) is 0 Å². The van der Waals surface area contributed by atoms with Crippen LogP contribution in [0.1, 0.15) is 87.0 Å². The van der Waals surface area contributed by atoms with Crippen LogP contribution in [-0.2, 0) is 4.74 Å². The van der Waals surface area contributed by atoms with Crippen LogP contribution in [-0.4, -0.2) is 41.5 Å². The minimum atomic E-state index is -2.15. The molecule has 0 aromatic heterocycles. The van der Waals surface area contributed by atoms with Gasteiger partial charge in [0.25, 0.3) is 0 Å². The van der Waals surface area contributed by atoms with Crippen LogP contribution in [0, 0.1) is 0 Å². The van der Waals surface area contributed by atoms with E-state index >= 15 is 0 Å². The molecule has 0 aliphatic rings. The van der Waals surface area contributed by atoms with E-state index in [9.17, 15) is 4.79 Å². The number of carbonyl (C=O) groups excluding carboxylic acids is 1. The third kappa shape index (κ3) is 10.2. The molecule has 0 saturated heterocycles. The molecule has 0 aromatic rings. The number of unbranched alkanes of at least 4 members (excludes halogenated alkanes) is 3. The summed E-state index contributed by atoms with van der Waals surface area (Å²) in [7, 11) is 0. The number of rotatable bonds is 14. The molecular weight excluding hydrogens is 429 g/mol. The summed E-state index contributed by atoms with van der Waals surface area (Å²) in [5, 5.41) is 0. The van der Waals surface area contributed by atoms with Gasteiger partial charge in [0.1, 0.15) is 0 Å². The van der Waals surface area contributed by atoms with Crippen molar-refractivity contribution in [2.45, 2.75) is 117 Å². The number of hydrogen-bond acceptors (Lipinski definition) is 2. The van der Waals surface area contributed by atoms with Gasteiger partial charge < -0.3 is 0 Å². The predicted molar refractivity (Wildman–Crippen MR) is 117 cm³/mol. The number of allylic oxidation sites excluding steroid dienone is 1. The fourth-order valence-corrected chi connectivity index (χ4v) is 18.9. The van der Waals surface area contributed by atoms with Crippen molar-refractivity contribution in [1.82, 2.24) is 4.90 Å². The van der Waals surface area contributed by atoms with Crippen molar-refractivity contribution >= 4 is 24.5 Å². The molecule has 4 heteroatoms. The van der Waals surface area contributed by atoms with Crippen LogP contribution in [0.5, 0.6) is 0 Å². The Morgan fingerprint density at radius 2 is 1.31 bits per heavy atom. The zero-order valence-corrected chi connectivity index (χ0v) is 21.5. The Bertz CT molecular complexity index is 364. The first-order chi connectivity index (χ1) is 12.3. The van der Waals surface area contributed by atoms with Crippen molar-refractivity contribution in [3.63, 3.8) is 0 Å². The van der Waals surface area contributed by atoms with Crippen molar-refractivity contribution in [1.29, 1.82) is 0 Å². The van der Waals surface area contributed by atoms with Gasteiger partial charge in [0.05, 0.1) is 0 Å². The summed E-state index contributed by atoms with van der Waals surface area (Å²) in [5.41, 5.74) is 0. The monoisotopic (exact) mass is 475 g/mol. The molecule has 1 amide bonds. The molecular formula is C22H45NO2Sn. The molecule has 0 N–H and O–H groups in total. The summed E-state index contributed by atoms with van der Waals surface area (Å²) in [6, 6.07) is 0.320. The zero-order valence-electron chi connectivity index (χ0n) is 18.6. The van der Waals surface area contributed by atoms with Gasteiger partial charge in [0, 0.05) is 0 Å². The molecule has 3 nitrogen and oxygen atoms in total. The van der Waals surface area contributed by atoms with Gasteiger partial charge in [-0.2, -0.15) is 0 Å². The van der Waals surface area contributed by atoms with Gasteiger partial charge in [-0.15, -0.1) is 0 Å². The predicted octanol–water partition coefficient (Wildman–Crippen LogP) is 7.60. The maximum atomic E-state index is 12.3. The first-order valence-corrected chi connectivity index (χ1v) is 19.0. The van der Waals surface area contributed by atoms with E-state index in [2.05, 4.69) is 26.8 Å². The molecule has 0 aliphatic heterocycles. The summed E-state index contributed by atoms with van der Waals surface area (Å²) in [4.78, 5) is 14.1. The fraction of sp³-hybridized carbons (Fsp3) is 0.864. The Balaban J connectivity index is 4.91. The first kappa shape index (κ1) is 25.8. The number of hydrogen-bond donors (Lipinski definition) is 0. The zero-order chi connectivity index (χ0) is 20.0. The average molecular weight is 474 g/mol. The van der Waals surface area contributed by atoms with E-state index in [-0.39, 0.29) is 18.2 Å². The summed E-state index contributed by atoms with van der Waals surface area (Å²) in [5.74, 6) is 0. The molecule has 0 rings (SSSR count). The number of carbonyl (C=O) groups is 1. The molecule has 0 atom stereocenters. The SMILES string of the molecule is CCC[CH2][Sn]([CH2]/C=C\OC(=O)N(C(C)C)C(C)C)([CH2]CCC)[CH2]CCC. The number of ether oxygens (including phenoxy) is 1. The van der Waals surface area contributed by atoms with Crippen molar-refractivity contribution in [2.24, 2.45) is 0 Å². The van der Waals surface area contributed by atoms with Crippen LogP contribution in [0.2, 0.25) is 17.7 Å². The van der Waals surface area contributed by atoms with E-state index in [0.29, 0.717) is 0 Å². The molecule has 26 heavy (non-hydrogen) atoms. The first-order valence-electron chi connectivity index (χ1n) is 11.0. The molecule has 0 unspecified atom stereocenters. The minimum absolute atomic E-state index is 0.160. The van der Waals surface area contributed by atoms with Gasteiger partial charge in [0.2, 0.25) is 0 Å². The van der Waals surface area contributed by atoms with Gasteiger partial charge in [-0.25, -0.2) is 0 Å². The van der Waals surface area contributed by atoms with Crippen molar-refractivity contribution < 1.29 is 9.53 Å². The standard InChI is InChI=1S/C10H18NO2.3C4H9.Sn/c1-6-7-13-10(12)11(8(2)3)9(4)5;3*1-3-4-2;/h6-9H,1H2,2-5H3;3*1,3-4H2,2H3;/b7-6-;;;;. The summed E-state index contributed by atoms with van der Waals surface area (Å²) < 4.78 is 11.2. The third-order valence-corrected chi connectivity index (χ3v) is 20.6. The van der Waals surface area contributed by atoms with Crippen LogP contribution in [0.3, 0.4) is 0 Å². The Labute approximate surface area is 167 Å². The number of amides is 1. The van der Waals surface area contributed by atoms with Gasteiger partial charge in [-0.3, -0.25) is 0 Å². The molecule has 154 valence electrons. The Hall–Kier alpha value is -0.191. The third-order valence-electron chi connectivity index (χ3n) is 5.32. The van der Waals surface area contributed by atoms with Gasteiger partial charge >= 0.3 is 168 Å². The molecule has 0 heterocycles. The Kier molecular flexibility index (Phi) is 14.7. The second kappa shape index (κ2) is 14.8. The molecule has 0 radical (unpaired) electrons. The average Bonchev–Trinajstić information content (AvgIpc) is 2.58. The maximum absolute atomic E-state index is 12.3. The van der Waals surface area contributed by atoms with E-state index in [1.165, 1.54) is 56.3 Å². The van der Waals surface area contributed by atoms with E-state index in [4.69, 9.17) is 4.74 Å². The summed E-state index contributed by atoms with van der Waals surface area (Å²) in [6.45, 7) is 15.1. The topological polar surface area (TPSA) is 29.5 Å². The van der Waals surface area contributed by atoms with Gasteiger partial charge in [-0.05, 0) is 0 Å². The van der Waals surface area contributed by atoms with E-state index in [0.717, 1.165) is 0 Å². The van der Waals surface area contributed by atoms with Gasteiger partial charge in [-0.1, -0.05) is 0 Å². The second-order valence-electron chi connectivity index (χ2n) is 8.37. The number of nitrogens with zero attached hydrogens (tertiary/aromatic N) is 1. The Morgan fingerprint density at radius 3 is 1.65 bits per heavy atom. The van der Waals surface area contributed by atoms with E-state index in [1.54, 1.807) is 11.2 Å². The van der Waals surface area contributed by atoms with E-state index < -0.39 is 18.4 Å². The molecule has 0 aromatic carbocycles. The fourth-order valence-electron chi connectivity index (χ4n) is 3.82.